The number of nitrogens with zero attached hydrogens (tertiary/aromatic N) is 5. The van der Waals surface area contributed by atoms with Crippen LogP contribution in [0.1, 0.15) is 109 Å². The normalized spacial score (nSPS) is 14.2. The predicted octanol–water partition coefficient (Wildman–Crippen LogP) is 7.03. The van der Waals surface area contributed by atoms with Gasteiger partial charge in [0.25, 0.3) is 5.56 Å². The molecule has 3 rings (SSSR count). The van der Waals surface area contributed by atoms with Crippen molar-refractivity contribution in [3.8, 4) is 0 Å². The summed E-state index contributed by atoms with van der Waals surface area (Å²) in [5, 5.41) is 4.77. The van der Waals surface area contributed by atoms with Crippen molar-refractivity contribution in [1.82, 2.24) is 9.66 Å². The van der Waals surface area contributed by atoms with Gasteiger partial charge >= 0.3 is 0 Å². The van der Waals surface area contributed by atoms with Crippen LogP contribution in [0.5, 0.6) is 0 Å². The van der Waals surface area contributed by atoms with E-state index in [0.29, 0.717) is 5.82 Å². The second-order valence-electron chi connectivity index (χ2n) is 10.5. The Morgan fingerprint density at radius 1 is 0.972 bits per heavy atom. The molecule has 0 atom stereocenters. The SMILES string of the molecule is CCCCCCCc1c(C(C)C)nc2n(c1=O)N=C(C(C)C)C2=Nc1ccc(N(CC)CC)cc1C. The minimum atomic E-state index is -0.0313. The van der Waals surface area contributed by atoms with Gasteiger partial charge in [-0.3, -0.25) is 4.79 Å². The number of unbranched alkanes of at least 4 members (excludes halogenated alkanes) is 4. The summed E-state index contributed by atoms with van der Waals surface area (Å²) in [6, 6.07) is 6.39. The number of benzene rings is 1. The Kier molecular flexibility index (Phi) is 9.63. The molecule has 0 bridgehead atoms. The number of fused-ring (bicyclic) bond motifs is 1. The maximum absolute atomic E-state index is 13.7. The first kappa shape index (κ1) is 27.8. The van der Waals surface area contributed by atoms with Gasteiger partial charge in [-0.1, -0.05) is 60.3 Å². The summed E-state index contributed by atoms with van der Waals surface area (Å²) in [5.74, 6) is 0.864. The van der Waals surface area contributed by atoms with E-state index in [-0.39, 0.29) is 17.4 Å². The summed E-state index contributed by atoms with van der Waals surface area (Å²) in [6.45, 7) is 19.0. The fourth-order valence-electron chi connectivity index (χ4n) is 4.86. The lowest BCUT2D eigenvalue weighted by molar-refractivity contribution is 0.618. The number of hydrogen-bond donors (Lipinski definition) is 0. The molecule has 1 aromatic heterocycles. The van der Waals surface area contributed by atoms with Crippen molar-refractivity contribution in [2.45, 2.75) is 99.8 Å². The highest BCUT2D eigenvalue weighted by molar-refractivity contribution is 6.49. The Morgan fingerprint density at radius 3 is 2.25 bits per heavy atom. The number of aromatic nitrogens is 2. The molecule has 2 aromatic rings. The molecule has 1 aromatic carbocycles. The summed E-state index contributed by atoms with van der Waals surface area (Å²) in [4.78, 5) is 26.1. The van der Waals surface area contributed by atoms with E-state index in [4.69, 9.17) is 15.1 Å². The molecule has 0 amide bonds. The minimum Gasteiger partial charge on any atom is -0.372 e. The molecule has 36 heavy (non-hydrogen) atoms. The van der Waals surface area contributed by atoms with Crippen molar-refractivity contribution in [3.63, 3.8) is 0 Å². The smallest absolute Gasteiger partial charge is 0.277 e. The average molecular weight is 492 g/mol. The third-order valence-corrected chi connectivity index (χ3v) is 7.01. The molecular weight excluding hydrogens is 446 g/mol. The molecular formula is C30H45N5O. The molecule has 0 radical (unpaired) electrons. The van der Waals surface area contributed by atoms with Crippen molar-refractivity contribution >= 4 is 22.8 Å². The number of hydrogen-bond acceptors (Lipinski definition) is 5. The Bertz CT molecular complexity index is 1170. The van der Waals surface area contributed by atoms with E-state index in [0.717, 1.165) is 66.3 Å². The van der Waals surface area contributed by atoms with Crippen LogP contribution in [-0.4, -0.2) is 34.2 Å². The van der Waals surface area contributed by atoms with Crippen LogP contribution in [0.3, 0.4) is 0 Å². The number of anilines is 1. The number of aliphatic imine (C=N–C) groups is 1. The van der Waals surface area contributed by atoms with Crippen LogP contribution in [0.2, 0.25) is 0 Å². The Morgan fingerprint density at radius 2 is 1.67 bits per heavy atom. The van der Waals surface area contributed by atoms with E-state index < -0.39 is 0 Å². The van der Waals surface area contributed by atoms with Gasteiger partial charge in [0, 0.05) is 24.3 Å². The monoisotopic (exact) mass is 491 g/mol. The van der Waals surface area contributed by atoms with Gasteiger partial charge in [0.2, 0.25) is 0 Å². The lowest BCUT2D eigenvalue weighted by Gasteiger charge is -2.21. The van der Waals surface area contributed by atoms with Crippen LogP contribution >= 0.6 is 0 Å². The molecule has 0 aliphatic carbocycles. The number of rotatable bonds is 12. The molecule has 6 heteroatoms. The molecule has 1 aliphatic rings. The van der Waals surface area contributed by atoms with E-state index in [1.54, 1.807) is 0 Å². The molecule has 6 nitrogen and oxygen atoms in total. The van der Waals surface area contributed by atoms with Gasteiger partial charge in [-0.05, 0) is 69.2 Å². The maximum atomic E-state index is 13.7. The van der Waals surface area contributed by atoms with Crippen LogP contribution in [0.4, 0.5) is 11.4 Å². The molecule has 2 heterocycles. The molecule has 0 N–H and O–H groups in total. The van der Waals surface area contributed by atoms with Gasteiger partial charge in [-0.2, -0.15) is 9.78 Å². The van der Waals surface area contributed by atoms with E-state index in [1.165, 1.54) is 29.6 Å². The van der Waals surface area contributed by atoms with Crippen LogP contribution in [0.15, 0.2) is 33.1 Å². The second kappa shape index (κ2) is 12.5. The largest absolute Gasteiger partial charge is 0.372 e. The highest BCUT2D eigenvalue weighted by atomic mass is 16.1. The summed E-state index contributed by atoms with van der Waals surface area (Å²) < 4.78 is 1.51. The first-order valence-corrected chi connectivity index (χ1v) is 13.9. The van der Waals surface area contributed by atoms with Crippen molar-refractivity contribution in [1.29, 1.82) is 0 Å². The lowest BCUT2D eigenvalue weighted by Crippen LogP contribution is -2.28. The van der Waals surface area contributed by atoms with Crippen LogP contribution in [0.25, 0.3) is 0 Å². The zero-order valence-corrected chi connectivity index (χ0v) is 23.7. The summed E-state index contributed by atoms with van der Waals surface area (Å²) in [7, 11) is 0. The van der Waals surface area contributed by atoms with Gasteiger partial charge in [-0.25, -0.2) is 9.98 Å². The maximum Gasteiger partial charge on any atom is 0.277 e. The number of aryl methyl sites for hydroxylation is 1. The second-order valence-corrected chi connectivity index (χ2v) is 10.5. The molecule has 0 saturated heterocycles. The fraction of sp³-hybridized carbons (Fsp3) is 0.600. The fourth-order valence-corrected chi connectivity index (χ4v) is 4.86. The summed E-state index contributed by atoms with van der Waals surface area (Å²) in [6.07, 6.45) is 6.58. The molecule has 1 aliphatic heterocycles. The van der Waals surface area contributed by atoms with Crippen molar-refractivity contribution in [3.05, 3.63) is 51.2 Å². The van der Waals surface area contributed by atoms with Gasteiger partial charge in [0.15, 0.2) is 5.82 Å². The molecule has 0 spiro atoms. The zero-order chi connectivity index (χ0) is 26.4. The van der Waals surface area contributed by atoms with E-state index in [1.807, 2.05) is 0 Å². The van der Waals surface area contributed by atoms with Gasteiger partial charge < -0.3 is 4.90 Å². The first-order valence-electron chi connectivity index (χ1n) is 13.9. The van der Waals surface area contributed by atoms with Gasteiger partial charge in [0.05, 0.1) is 17.1 Å². The first-order chi connectivity index (χ1) is 17.2. The van der Waals surface area contributed by atoms with Crippen molar-refractivity contribution in [2.75, 3.05) is 18.0 Å². The van der Waals surface area contributed by atoms with E-state index in [9.17, 15) is 4.79 Å². The van der Waals surface area contributed by atoms with E-state index >= 15 is 0 Å². The molecule has 0 saturated carbocycles. The Hall–Kier alpha value is -2.76. The summed E-state index contributed by atoms with van der Waals surface area (Å²) >= 11 is 0. The Balaban J connectivity index is 2.07. The van der Waals surface area contributed by atoms with Gasteiger partial charge in [-0.15, -0.1) is 0 Å². The average Bonchev–Trinajstić information content (AvgIpc) is 3.21. The molecule has 196 valence electrons. The predicted molar refractivity (Wildman–Crippen MR) is 154 cm³/mol. The molecule has 0 unspecified atom stereocenters. The van der Waals surface area contributed by atoms with Crippen LogP contribution in [-0.2, 0) is 6.42 Å². The third kappa shape index (κ3) is 5.96. The Labute approximate surface area is 217 Å². The van der Waals surface area contributed by atoms with Gasteiger partial charge in [0.1, 0.15) is 5.71 Å². The topological polar surface area (TPSA) is 62.9 Å². The van der Waals surface area contributed by atoms with Crippen LogP contribution < -0.4 is 10.5 Å². The quantitative estimate of drug-likeness (QED) is 0.299. The van der Waals surface area contributed by atoms with Crippen molar-refractivity contribution in [2.24, 2.45) is 16.0 Å². The lowest BCUT2D eigenvalue weighted by atomic mass is 9.98. The highest BCUT2D eigenvalue weighted by Gasteiger charge is 2.31. The van der Waals surface area contributed by atoms with Crippen LogP contribution in [0, 0.1) is 12.8 Å². The minimum absolute atomic E-state index is 0.0313. The third-order valence-electron chi connectivity index (χ3n) is 7.01. The van der Waals surface area contributed by atoms with Crippen molar-refractivity contribution < 1.29 is 0 Å². The standard InChI is InChI=1S/C30H45N5O/c1-9-12-13-14-15-16-24-26(20(4)5)32-29-28(27(21(6)7)33-35(29)30(24)36)31-25-18-17-23(19-22(25)8)34(10-2)11-3/h17-21H,9-16H2,1-8H3. The zero-order valence-electron chi connectivity index (χ0n) is 23.7. The van der Waals surface area contributed by atoms with E-state index in [2.05, 4.69) is 78.5 Å². The molecule has 0 fully saturated rings. The summed E-state index contributed by atoms with van der Waals surface area (Å²) in [5.41, 5.74) is 6.41. The highest BCUT2D eigenvalue weighted by Crippen LogP contribution is 2.28.